The van der Waals surface area contributed by atoms with Gasteiger partial charge in [-0.1, -0.05) is 349 Å². The lowest BCUT2D eigenvalue weighted by Crippen LogP contribution is -2.43. The summed E-state index contributed by atoms with van der Waals surface area (Å²) in [5.74, 6) is 0.349. The van der Waals surface area contributed by atoms with Crippen LogP contribution in [0.2, 0.25) is 0 Å². The van der Waals surface area contributed by atoms with Crippen LogP contribution in [0.5, 0.6) is 0 Å². The fraction of sp³-hybridized carbons (Fsp3) is 0.963. The Morgan fingerprint density at radius 2 is 0.400 bits per heavy atom. The second-order valence-electron chi connectivity index (χ2n) is 28.4. The highest BCUT2D eigenvalue weighted by Gasteiger charge is 2.19. The summed E-state index contributed by atoms with van der Waals surface area (Å²) in [4.78, 5) is 47.0. The zero-order chi connectivity index (χ0) is 65.4. The number of amides is 3. The fourth-order valence-electron chi connectivity index (χ4n) is 13.2. The lowest BCUT2D eigenvalue weighted by atomic mass is 10.1. The molecule has 3 amide bonds. The van der Waals surface area contributed by atoms with Crippen molar-refractivity contribution in [2.45, 2.75) is 420 Å². The quantitative estimate of drug-likeness (QED) is 0.0448. The lowest BCUT2D eigenvalue weighted by Gasteiger charge is -2.29. The molecule has 0 aromatic heterocycles. The van der Waals surface area contributed by atoms with E-state index in [0.29, 0.717) is 45.4 Å². The van der Waals surface area contributed by atoms with Gasteiger partial charge in [-0.2, -0.15) is 0 Å². The molecule has 0 aliphatic heterocycles. The van der Waals surface area contributed by atoms with E-state index in [9.17, 15) is 19.5 Å². The maximum absolute atomic E-state index is 13.3. The van der Waals surface area contributed by atoms with E-state index in [-0.39, 0.29) is 17.7 Å². The number of carbonyl (C=O) groups is 3. The van der Waals surface area contributed by atoms with Crippen LogP contribution in [0.1, 0.15) is 413 Å². The summed E-state index contributed by atoms with van der Waals surface area (Å²) in [6, 6.07) is 0. The molecular formula is C80H162N6O4. The van der Waals surface area contributed by atoms with Crippen LogP contribution in [0.3, 0.4) is 0 Å². The molecule has 0 rings (SSSR count). The van der Waals surface area contributed by atoms with Gasteiger partial charge in [0.2, 0.25) is 17.7 Å². The van der Waals surface area contributed by atoms with Gasteiger partial charge in [0.25, 0.3) is 0 Å². The van der Waals surface area contributed by atoms with Crippen LogP contribution in [0.4, 0.5) is 0 Å². The van der Waals surface area contributed by atoms with E-state index in [2.05, 4.69) is 65.3 Å². The first kappa shape index (κ1) is 88.2. The smallest absolute Gasteiger partial charge is 0.221 e. The molecule has 10 heteroatoms. The van der Waals surface area contributed by atoms with Gasteiger partial charge >= 0.3 is 0 Å². The summed E-state index contributed by atoms with van der Waals surface area (Å²) in [5.41, 5.74) is 0. The van der Waals surface area contributed by atoms with Crippen LogP contribution in [-0.2, 0) is 14.4 Å². The molecule has 0 fully saturated rings. The summed E-state index contributed by atoms with van der Waals surface area (Å²) in [7, 11) is 0. The van der Waals surface area contributed by atoms with Crippen LogP contribution in [0.25, 0.3) is 0 Å². The molecule has 0 saturated heterocycles. The number of nitrogens with one attached hydrogen (secondary N) is 3. The van der Waals surface area contributed by atoms with Gasteiger partial charge < -0.3 is 30.9 Å². The van der Waals surface area contributed by atoms with Gasteiger partial charge in [-0.05, 0) is 71.1 Å². The summed E-state index contributed by atoms with van der Waals surface area (Å²) in [6.07, 6.45) is 73.6. The van der Waals surface area contributed by atoms with Crippen LogP contribution >= 0.6 is 0 Å². The minimum atomic E-state index is -0.576. The van der Waals surface area contributed by atoms with Gasteiger partial charge in [-0.3, -0.25) is 19.3 Å². The third kappa shape index (κ3) is 69.1. The molecule has 0 bridgehead atoms. The topological polar surface area (TPSA) is 117 Å². The first-order valence-corrected chi connectivity index (χ1v) is 40.9. The standard InChI is InChI=1S/C80H162N6O4/c1-6-11-16-21-26-31-36-38-43-48-53-58-68-84(72-62-78(88)81-65-55-50-45-40-33-28-23-18-13-8-3)69-60-61-71-85(70-59-54-49-44-39-37-32-27-22-17-12-7-2)75-77(87)76-86(73-63-79(89)82-66-56-51-46-41-34-29-24-19-14-9-4)74-64-80(90)83-67-57-52-47-42-35-30-25-20-15-10-5/h77,87H,6-76H2,1-5H3,(H,81,88)(H,82,89)(H,83,90). The molecule has 0 heterocycles. The molecule has 536 valence electrons. The van der Waals surface area contributed by atoms with Gasteiger partial charge in [0, 0.05) is 71.6 Å². The molecule has 10 nitrogen and oxygen atoms in total. The first-order chi connectivity index (χ1) is 44.3. The highest BCUT2D eigenvalue weighted by molar-refractivity contribution is 5.77. The Morgan fingerprint density at radius 3 is 0.633 bits per heavy atom. The van der Waals surface area contributed by atoms with Crippen molar-refractivity contribution >= 4 is 17.7 Å². The van der Waals surface area contributed by atoms with Crippen LogP contribution in [-0.4, -0.2) is 122 Å². The minimum absolute atomic E-state index is 0.0715. The van der Waals surface area contributed by atoms with Crippen LogP contribution in [0.15, 0.2) is 0 Å². The Hall–Kier alpha value is -1.75. The molecule has 90 heavy (non-hydrogen) atoms. The van der Waals surface area contributed by atoms with Gasteiger partial charge in [-0.25, -0.2) is 0 Å². The van der Waals surface area contributed by atoms with Crippen molar-refractivity contribution in [3.63, 3.8) is 0 Å². The molecule has 1 unspecified atom stereocenters. The van der Waals surface area contributed by atoms with E-state index >= 15 is 0 Å². The number of carbonyl (C=O) groups excluding carboxylic acids is 3. The predicted molar refractivity (Wildman–Crippen MR) is 395 cm³/mol. The Morgan fingerprint density at radius 1 is 0.233 bits per heavy atom. The highest BCUT2D eigenvalue weighted by Crippen LogP contribution is 2.17. The van der Waals surface area contributed by atoms with Crippen molar-refractivity contribution in [1.29, 1.82) is 0 Å². The van der Waals surface area contributed by atoms with Crippen LogP contribution < -0.4 is 16.0 Å². The summed E-state index contributed by atoms with van der Waals surface area (Å²) >= 11 is 0. The first-order valence-electron chi connectivity index (χ1n) is 40.9. The van der Waals surface area contributed by atoms with E-state index in [1.165, 1.54) is 308 Å². The average molecular weight is 1270 g/mol. The molecule has 0 radical (unpaired) electrons. The molecule has 0 aromatic rings. The van der Waals surface area contributed by atoms with E-state index in [0.717, 1.165) is 104 Å². The third-order valence-corrected chi connectivity index (χ3v) is 19.3. The summed E-state index contributed by atoms with van der Waals surface area (Å²) in [5, 5.41) is 21.6. The van der Waals surface area contributed by atoms with E-state index in [1.807, 2.05) is 0 Å². The van der Waals surface area contributed by atoms with Crippen molar-refractivity contribution in [2.75, 3.05) is 78.5 Å². The summed E-state index contributed by atoms with van der Waals surface area (Å²) < 4.78 is 0. The maximum atomic E-state index is 13.3. The van der Waals surface area contributed by atoms with E-state index < -0.39 is 6.10 Å². The SMILES string of the molecule is CCCCCCCCCCCCCCN(CCCCN(CCCCCCCCCCCCCC)CC(O)CN(CCC(=O)NCCCCCCCCCCCC)CCC(=O)NCCCCCCCCCCCC)CCC(=O)NCCCCCCCCCCCC. The van der Waals surface area contributed by atoms with E-state index in [4.69, 9.17) is 0 Å². The Kier molecular flexibility index (Phi) is 73.2. The highest BCUT2D eigenvalue weighted by atomic mass is 16.3. The maximum Gasteiger partial charge on any atom is 0.221 e. The van der Waals surface area contributed by atoms with Gasteiger partial charge in [0.15, 0.2) is 0 Å². The molecule has 0 aromatic carbocycles. The minimum Gasteiger partial charge on any atom is -0.390 e. The number of aliphatic hydroxyl groups is 1. The molecule has 0 aliphatic rings. The van der Waals surface area contributed by atoms with Crippen molar-refractivity contribution in [3.05, 3.63) is 0 Å². The molecule has 0 aliphatic carbocycles. The molecule has 0 spiro atoms. The number of hydrogen-bond donors (Lipinski definition) is 4. The third-order valence-electron chi connectivity index (χ3n) is 19.3. The molecular weight excluding hydrogens is 1110 g/mol. The second-order valence-corrected chi connectivity index (χ2v) is 28.4. The Balaban J connectivity index is 5.73. The number of unbranched alkanes of at least 4 members (excludes halogenated alkanes) is 50. The van der Waals surface area contributed by atoms with Gasteiger partial charge in [0.1, 0.15) is 0 Å². The van der Waals surface area contributed by atoms with Crippen LogP contribution in [0, 0.1) is 0 Å². The molecule has 1 atom stereocenters. The zero-order valence-electron chi connectivity index (χ0n) is 61.8. The van der Waals surface area contributed by atoms with Crippen molar-refractivity contribution in [3.8, 4) is 0 Å². The summed E-state index contributed by atoms with van der Waals surface area (Å²) in [6.45, 7) is 20.7. The van der Waals surface area contributed by atoms with Gasteiger partial charge in [-0.15, -0.1) is 0 Å². The van der Waals surface area contributed by atoms with Crippen molar-refractivity contribution < 1.29 is 19.5 Å². The monoisotopic (exact) mass is 1270 g/mol. The normalized spacial score (nSPS) is 12.1. The lowest BCUT2D eigenvalue weighted by molar-refractivity contribution is -0.122. The van der Waals surface area contributed by atoms with Gasteiger partial charge in [0.05, 0.1) is 6.10 Å². The Bertz CT molecular complexity index is 1390. The largest absolute Gasteiger partial charge is 0.390 e. The van der Waals surface area contributed by atoms with Crippen molar-refractivity contribution in [2.24, 2.45) is 0 Å². The number of rotatable bonds is 77. The van der Waals surface area contributed by atoms with Crippen molar-refractivity contribution in [1.82, 2.24) is 30.7 Å². The Labute approximate surface area is 563 Å². The molecule has 0 saturated carbocycles. The molecule has 4 N–H and O–H groups in total. The second kappa shape index (κ2) is 74.6. The van der Waals surface area contributed by atoms with E-state index in [1.54, 1.807) is 0 Å². The number of nitrogens with zero attached hydrogens (tertiary/aromatic N) is 3. The zero-order valence-corrected chi connectivity index (χ0v) is 61.8. The number of aliphatic hydroxyl groups excluding tert-OH is 1. The average Bonchev–Trinajstić information content (AvgIpc) is 3.67. The predicted octanol–water partition coefficient (Wildman–Crippen LogP) is 21.7. The number of hydrogen-bond acceptors (Lipinski definition) is 7. The fourth-order valence-corrected chi connectivity index (χ4v) is 13.2.